The second-order valence-corrected chi connectivity index (χ2v) is 5.01. The van der Waals surface area contributed by atoms with Crippen molar-refractivity contribution >= 4 is 17.3 Å². The highest BCUT2D eigenvalue weighted by Gasteiger charge is 2.40. The van der Waals surface area contributed by atoms with Gasteiger partial charge in [-0.05, 0) is 18.1 Å². The average Bonchev–Trinajstić information content (AvgIpc) is 2.72. The fraction of sp³-hybridized carbons (Fsp3) is 0.125. The number of benzene rings is 2. The van der Waals surface area contributed by atoms with Crippen LogP contribution >= 0.6 is 0 Å². The van der Waals surface area contributed by atoms with Gasteiger partial charge in [-0.3, -0.25) is 19.7 Å². The van der Waals surface area contributed by atoms with Gasteiger partial charge in [0, 0.05) is 23.3 Å². The minimum Gasteiger partial charge on any atom is -0.293 e. The number of ketones is 2. The van der Waals surface area contributed by atoms with Crippen LogP contribution in [0.3, 0.4) is 0 Å². The van der Waals surface area contributed by atoms with E-state index in [-0.39, 0.29) is 17.3 Å². The first kappa shape index (κ1) is 13.2. The van der Waals surface area contributed by atoms with Gasteiger partial charge in [0.15, 0.2) is 11.6 Å². The van der Waals surface area contributed by atoms with Crippen LogP contribution in [0, 0.1) is 17.0 Å². The van der Waals surface area contributed by atoms with Crippen LogP contribution in [0.1, 0.15) is 37.8 Å². The molecular weight excluding hydrogens is 270 g/mol. The zero-order valence-corrected chi connectivity index (χ0v) is 11.2. The van der Waals surface area contributed by atoms with Gasteiger partial charge in [-0.15, -0.1) is 0 Å². The molecule has 0 heterocycles. The molecule has 0 spiro atoms. The lowest BCUT2D eigenvalue weighted by Gasteiger charge is -2.10. The molecule has 1 aliphatic rings. The van der Waals surface area contributed by atoms with Crippen molar-refractivity contribution in [1.82, 2.24) is 0 Å². The summed E-state index contributed by atoms with van der Waals surface area (Å²) in [6.07, 6.45) is 0. The van der Waals surface area contributed by atoms with E-state index in [9.17, 15) is 19.7 Å². The summed E-state index contributed by atoms with van der Waals surface area (Å²) in [5.41, 5.74) is 1.90. The normalized spacial score (nSPS) is 14.3. The Bertz CT molecular complexity index is 760. The third kappa shape index (κ3) is 1.94. The lowest BCUT2D eigenvalue weighted by Crippen LogP contribution is -2.14. The quantitative estimate of drug-likeness (QED) is 0.481. The van der Waals surface area contributed by atoms with Crippen LogP contribution in [0.25, 0.3) is 0 Å². The van der Waals surface area contributed by atoms with E-state index in [0.717, 1.165) is 0 Å². The molecule has 0 atom stereocenters. The van der Waals surface area contributed by atoms with Gasteiger partial charge >= 0.3 is 0 Å². The number of nitro benzene ring substituents is 1. The van der Waals surface area contributed by atoms with Crippen molar-refractivity contribution in [2.24, 2.45) is 0 Å². The van der Waals surface area contributed by atoms with Crippen LogP contribution in [0.2, 0.25) is 0 Å². The molecule has 104 valence electrons. The van der Waals surface area contributed by atoms with Gasteiger partial charge in [-0.2, -0.15) is 0 Å². The summed E-state index contributed by atoms with van der Waals surface area (Å²) >= 11 is 0. The number of hydrogen-bond donors (Lipinski definition) is 0. The zero-order valence-electron chi connectivity index (χ0n) is 11.2. The number of Topliss-reactive ketones (excluding diaryl/α,β-unsaturated/α-hetero) is 2. The summed E-state index contributed by atoms with van der Waals surface area (Å²) in [5.74, 6) is -1.37. The van der Waals surface area contributed by atoms with Gasteiger partial charge in [0.1, 0.15) is 5.92 Å². The molecule has 0 aliphatic heterocycles. The monoisotopic (exact) mass is 281 g/mol. The molecule has 21 heavy (non-hydrogen) atoms. The van der Waals surface area contributed by atoms with Crippen molar-refractivity contribution < 1.29 is 14.5 Å². The summed E-state index contributed by atoms with van der Waals surface area (Å²) in [6, 6.07) is 10.9. The number of nitrogens with zero attached hydrogens (tertiary/aromatic N) is 1. The molecule has 0 saturated heterocycles. The third-order valence-electron chi connectivity index (χ3n) is 3.76. The highest BCUT2D eigenvalue weighted by molar-refractivity contribution is 6.29. The van der Waals surface area contributed by atoms with Crippen LogP contribution in [0.5, 0.6) is 0 Å². The van der Waals surface area contributed by atoms with Crippen molar-refractivity contribution in [2.75, 3.05) is 0 Å². The maximum Gasteiger partial charge on any atom is 0.269 e. The Hall–Kier alpha value is -2.82. The molecule has 5 nitrogen and oxygen atoms in total. The molecule has 0 saturated carbocycles. The smallest absolute Gasteiger partial charge is 0.269 e. The number of aryl methyl sites for hydroxylation is 1. The van der Waals surface area contributed by atoms with E-state index in [1.54, 1.807) is 31.2 Å². The lowest BCUT2D eigenvalue weighted by atomic mass is 9.90. The summed E-state index contributed by atoms with van der Waals surface area (Å²) in [7, 11) is 0. The van der Waals surface area contributed by atoms with E-state index in [4.69, 9.17) is 0 Å². The van der Waals surface area contributed by atoms with Crippen molar-refractivity contribution in [3.8, 4) is 0 Å². The number of rotatable bonds is 2. The molecule has 0 N–H and O–H groups in total. The van der Waals surface area contributed by atoms with Gasteiger partial charge in [0.05, 0.1) is 4.92 Å². The number of carbonyl (C=O) groups excluding carboxylic acids is 2. The topological polar surface area (TPSA) is 77.3 Å². The maximum absolute atomic E-state index is 12.4. The van der Waals surface area contributed by atoms with E-state index >= 15 is 0 Å². The van der Waals surface area contributed by atoms with Gasteiger partial charge in [0.25, 0.3) is 5.69 Å². The third-order valence-corrected chi connectivity index (χ3v) is 3.76. The van der Waals surface area contributed by atoms with Crippen molar-refractivity contribution in [1.29, 1.82) is 0 Å². The Balaban J connectivity index is 2.09. The molecule has 0 fully saturated rings. The van der Waals surface area contributed by atoms with Crippen molar-refractivity contribution in [3.63, 3.8) is 0 Å². The number of non-ortho nitro benzene ring substituents is 1. The molecule has 2 aromatic rings. The van der Waals surface area contributed by atoms with E-state index in [1.807, 2.05) is 0 Å². The van der Waals surface area contributed by atoms with E-state index < -0.39 is 10.8 Å². The fourth-order valence-electron chi connectivity index (χ4n) is 2.72. The molecule has 3 rings (SSSR count). The van der Waals surface area contributed by atoms with E-state index in [2.05, 4.69) is 0 Å². The van der Waals surface area contributed by atoms with Gasteiger partial charge in [0.2, 0.25) is 0 Å². The van der Waals surface area contributed by atoms with Gasteiger partial charge in [-0.25, -0.2) is 0 Å². The van der Waals surface area contributed by atoms with Crippen LogP contribution in [0.4, 0.5) is 5.69 Å². The first-order valence-electron chi connectivity index (χ1n) is 6.43. The molecule has 0 aromatic heterocycles. The summed E-state index contributed by atoms with van der Waals surface area (Å²) in [4.78, 5) is 35.1. The van der Waals surface area contributed by atoms with Gasteiger partial charge < -0.3 is 0 Å². The Labute approximate surface area is 120 Å². The largest absolute Gasteiger partial charge is 0.293 e. The Morgan fingerprint density at radius 2 is 1.57 bits per heavy atom. The van der Waals surface area contributed by atoms with Crippen LogP contribution in [0.15, 0.2) is 42.5 Å². The Morgan fingerprint density at radius 3 is 2.05 bits per heavy atom. The Kier molecular flexibility index (Phi) is 2.90. The predicted octanol–water partition coefficient (Wildman–Crippen LogP) is 3.07. The van der Waals surface area contributed by atoms with E-state index in [1.165, 1.54) is 18.2 Å². The molecule has 0 unspecified atom stereocenters. The molecule has 1 aliphatic carbocycles. The van der Waals surface area contributed by atoms with Crippen LogP contribution in [-0.4, -0.2) is 16.5 Å². The second-order valence-electron chi connectivity index (χ2n) is 5.01. The molecule has 2 aromatic carbocycles. The maximum atomic E-state index is 12.4. The molecule has 5 heteroatoms. The summed E-state index contributed by atoms with van der Waals surface area (Å²) in [6.45, 7) is 1.67. The molecule has 0 amide bonds. The first-order chi connectivity index (χ1) is 10.0. The Morgan fingerprint density at radius 1 is 1.00 bits per heavy atom. The molecule has 0 radical (unpaired) electrons. The van der Waals surface area contributed by atoms with Crippen molar-refractivity contribution in [3.05, 3.63) is 74.8 Å². The number of nitro groups is 1. The average molecular weight is 281 g/mol. The SMILES string of the molecule is Cc1cc([N+](=O)[O-])ccc1C1C(=O)c2ccccc2C1=O. The standard InChI is InChI=1S/C16H11NO4/c1-9-8-10(17(20)21)6-7-11(9)14-15(18)12-4-2-3-5-13(12)16(14)19/h2-8,14H,1H3. The minimum absolute atomic E-state index is 0.0494. The molecule has 0 bridgehead atoms. The van der Waals surface area contributed by atoms with Gasteiger partial charge in [-0.1, -0.05) is 30.3 Å². The highest BCUT2D eigenvalue weighted by Crippen LogP contribution is 2.36. The fourth-order valence-corrected chi connectivity index (χ4v) is 2.72. The highest BCUT2D eigenvalue weighted by atomic mass is 16.6. The zero-order chi connectivity index (χ0) is 15.1. The lowest BCUT2D eigenvalue weighted by molar-refractivity contribution is -0.384. The van der Waals surface area contributed by atoms with E-state index in [0.29, 0.717) is 22.3 Å². The summed E-state index contributed by atoms with van der Waals surface area (Å²) in [5, 5.41) is 10.8. The number of fused-ring (bicyclic) bond motifs is 1. The predicted molar refractivity (Wildman–Crippen MR) is 75.7 cm³/mol. The second kappa shape index (κ2) is 4.63. The summed E-state index contributed by atoms with van der Waals surface area (Å²) < 4.78 is 0. The number of hydrogen-bond acceptors (Lipinski definition) is 4. The molecular formula is C16H11NO4. The minimum atomic E-state index is -0.886. The first-order valence-corrected chi connectivity index (χ1v) is 6.43. The van der Waals surface area contributed by atoms with Crippen LogP contribution in [-0.2, 0) is 0 Å². The van der Waals surface area contributed by atoms with Crippen LogP contribution < -0.4 is 0 Å². The number of carbonyl (C=O) groups is 2. The van der Waals surface area contributed by atoms with Crippen molar-refractivity contribution in [2.45, 2.75) is 12.8 Å².